The van der Waals surface area contributed by atoms with Crippen molar-refractivity contribution in [3.63, 3.8) is 0 Å². The maximum atomic E-state index is 12.7. The third-order valence-corrected chi connectivity index (χ3v) is 4.89. The Hall–Kier alpha value is -1.34. The van der Waals surface area contributed by atoms with Gasteiger partial charge in [-0.05, 0) is 50.0 Å². The number of hydrogen-bond acceptors (Lipinski definition) is 3. The molecular formula is C14H16F3N3S. The van der Waals surface area contributed by atoms with Crippen LogP contribution in [0.4, 0.5) is 13.2 Å². The second-order valence-corrected chi connectivity index (χ2v) is 6.42. The second kappa shape index (κ2) is 5.46. The molecule has 0 unspecified atom stereocenters. The number of halogens is 3. The van der Waals surface area contributed by atoms with Crippen molar-refractivity contribution in [2.45, 2.75) is 25.6 Å². The number of alkyl halides is 3. The molecule has 0 saturated carbocycles. The Morgan fingerprint density at radius 2 is 2.00 bits per heavy atom. The SMILES string of the molecule is N=c1sc2cc(C(F)(F)F)ccc2n1CC1CCNCC1. The Morgan fingerprint density at radius 3 is 2.67 bits per heavy atom. The lowest BCUT2D eigenvalue weighted by molar-refractivity contribution is -0.137. The van der Waals surface area contributed by atoms with Gasteiger partial charge in [0.2, 0.25) is 0 Å². The van der Waals surface area contributed by atoms with Gasteiger partial charge in [0.25, 0.3) is 0 Å². The van der Waals surface area contributed by atoms with Crippen molar-refractivity contribution < 1.29 is 13.2 Å². The first kappa shape index (κ1) is 14.6. The highest BCUT2D eigenvalue weighted by atomic mass is 32.1. The van der Waals surface area contributed by atoms with Gasteiger partial charge in [-0.2, -0.15) is 13.2 Å². The molecule has 0 radical (unpaired) electrons. The van der Waals surface area contributed by atoms with Gasteiger partial charge >= 0.3 is 6.18 Å². The summed E-state index contributed by atoms with van der Waals surface area (Å²) in [5.41, 5.74) is 0.0850. The fourth-order valence-corrected chi connectivity index (χ4v) is 3.73. The molecule has 3 rings (SSSR count). The summed E-state index contributed by atoms with van der Waals surface area (Å²) in [7, 11) is 0. The summed E-state index contributed by atoms with van der Waals surface area (Å²) in [5.74, 6) is 0.487. The number of thiazole rings is 1. The molecule has 114 valence electrons. The van der Waals surface area contributed by atoms with Crippen molar-refractivity contribution in [2.24, 2.45) is 5.92 Å². The van der Waals surface area contributed by atoms with E-state index in [4.69, 9.17) is 5.41 Å². The Labute approximate surface area is 123 Å². The van der Waals surface area contributed by atoms with E-state index in [2.05, 4.69) is 5.32 Å². The molecule has 1 fully saturated rings. The second-order valence-electron chi connectivity index (χ2n) is 5.39. The number of piperidine rings is 1. The van der Waals surface area contributed by atoms with E-state index in [1.807, 2.05) is 4.57 Å². The summed E-state index contributed by atoms with van der Waals surface area (Å²) < 4.78 is 40.6. The Kier molecular flexibility index (Phi) is 3.79. The van der Waals surface area contributed by atoms with E-state index < -0.39 is 11.7 Å². The van der Waals surface area contributed by atoms with Gasteiger partial charge in [-0.1, -0.05) is 11.3 Å². The highest BCUT2D eigenvalue weighted by Gasteiger charge is 2.31. The summed E-state index contributed by atoms with van der Waals surface area (Å²) >= 11 is 1.11. The fourth-order valence-electron chi connectivity index (χ4n) is 2.77. The summed E-state index contributed by atoms with van der Waals surface area (Å²) in [5, 5.41) is 11.3. The van der Waals surface area contributed by atoms with Crippen LogP contribution in [0.5, 0.6) is 0 Å². The Bertz CT molecular complexity index is 696. The van der Waals surface area contributed by atoms with Gasteiger partial charge in [-0.3, -0.25) is 5.41 Å². The Morgan fingerprint density at radius 1 is 1.29 bits per heavy atom. The molecule has 0 spiro atoms. The molecule has 1 saturated heterocycles. The molecule has 1 aromatic heterocycles. The first-order valence-electron chi connectivity index (χ1n) is 6.91. The molecule has 1 aliphatic rings. The molecule has 2 N–H and O–H groups in total. The molecule has 2 aromatic rings. The van der Waals surface area contributed by atoms with Crippen LogP contribution >= 0.6 is 11.3 Å². The van der Waals surface area contributed by atoms with Crippen LogP contribution < -0.4 is 10.1 Å². The number of aromatic nitrogens is 1. The first-order chi connectivity index (χ1) is 9.95. The van der Waals surface area contributed by atoms with Crippen LogP contribution in [0.2, 0.25) is 0 Å². The number of fused-ring (bicyclic) bond motifs is 1. The van der Waals surface area contributed by atoms with Gasteiger partial charge in [0.1, 0.15) is 0 Å². The minimum Gasteiger partial charge on any atom is -0.317 e. The van der Waals surface area contributed by atoms with E-state index >= 15 is 0 Å². The van der Waals surface area contributed by atoms with E-state index in [0.29, 0.717) is 22.0 Å². The fraction of sp³-hybridized carbons (Fsp3) is 0.500. The lowest BCUT2D eigenvalue weighted by Crippen LogP contribution is -2.31. The van der Waals surface area contributed by atoms with Crippen LogP contribution in [0.15, 0.2) is 18.2 Å². The third-order valence-electron chi connectivity index (χ3n) is 3.93. The summed E-state index contributed by atoms with van der Waals surface area (Å²) in [4.78, 5) is 0.322. The standard InChI is InChI=1S/C14H16F3N3S/c15-14(16,17)10-1-2-11-12(7-10)21-13(18)20(11)8-9-3-5-19-6-4-9/h1-2,7,9,18-19H,3-6,8H2. The quantitative estimate of drug-likeness (QED) is 0.878. The Balaban J connectivity index is 1.95. The lowest BCUT2D eigenvalue weighted by atomic mass is 9.98. The lowest BCUT2D eigenvalue weighted by Gasteiger charge is -2.23. The summed E-state index contributed by atoms with van der Waals surface area (Å²) in [6.45, 7) is 2.66. The van der Waals surface area contributed by atoms with E-state index in [9.17, 15) is 13.2 Å². The van der Waals surface area contributed by atoms with Crippen molar-refractivity contribution >= 4 is 21.6 Å². The smallest absolute Gasteiger partial charge is 0.317 e. The zero-order valence-corrected chi connectivity index (χ0v) is 12.2. The topological polar surface area (TPSA) is 40.8 Å². The van der Waals surface area contributed by atoms with Crippen LogP contribution in [0.3, 0.4) is 0 Å². The first-order valence-corrected chi connectivity index (χ1v) is 7.73. The van der Waals surface area contributed by atoms with Crippen LogP contribution in [0.1, 0.15) is 18.4 Å². The van der Waals surface area contributed by atoms with Crippen molar-refractivity contribution in [3.05, 3.63) is 28.6 Å². The highest BCUT2D eigenvalue weighted by Crippen LogP contribution is 2.32. The van der Waals surface area contributed by atoms with Crippen LogP contribution in [0, 0.1) is 11.3 Å². The van der Waals surface area contributed by atoms with Gasteiger partial charge in [0.15, 0.2) is 4.80 Å². The molecule has 0 bridgehead atoms. The van der Waals surface area contributed by atoms with Crippen molar-refractivity contribution in [2.75, 3.05) is 13.1 Å². The van der Waals surface area contributed by atoms with Gasteiger partial charge in [0.05, 0.1) is 15.8 Å². The van der Waals surface area contributed by atoms with Crippen LogP contribution in [-0.2, 0) is 12.7 Å². The van der Waals surface area contributed by atoms with Crippen LogP contribution in [-0.4, -0.2) is 17.7 Å². The number of hydrogen-bond donors (Lipinski definition) is 2. The van der Waals surface area contributed by atoms with E-state index in [1.54, 1.807) is 0 Å². The predicted molar refractivity (Wildman–Crippen MR) is 76.3 cm³/mol. The monoisotopic (exact) mass is 315 g/mol. The van der Waals surface area contributed by atoms with Gasteiger partial charge < -0.3 is 9.88 Å². The summed E-state index contributed by atoms with van der Waals surface area (Å²) in [6.07, 6.45) is -2.24. The molecule has 21 heavy (non-hydrogen) atoms. The number of nitrogens with one attached hydrogen (secondary N) is 2. The predicted octanol–water partition coefficient (Wildman–Crippen LogP) is 3.20. The highest BCUT2D eigenvalue weighted by molar-refractivity contribution is 7.16. The largest absolute Gasteiger partial charge is 0.416 e. The molecule has 0 atom stereocenters. The maximum Gasteiger partial charge on any atom is 0.416 e. The minimum absolute atomic E-state index is 0.322. The van der Waals surface area contributed by atoms with Crippen LogP contribution in [0.25, 0.3) is 10.2 Å². The van der Waals surface area contributed by atoms with E-state index in [-0.39, 0.29) is 0 Å². The molecule has 7 heteroatoms. The third kappa shape index (κ3) is 2.98. The summed E-state index contributed by atoms with van der Waals surface area (Å²) in [6, 6.07) is 3.75. The zero-order valence-electron chi connectivity index (χ0n) is 11.3. The number of rotatable bonds is 2. The number of benzene rings is 1. The van der Waals surface area contributed by atoms with Crippen molar-refractivity contribution in [1.29, 1.82) is 5.41 Å². The van der Waals surface area contributed by atoms with E-state index in [0.717, 1.165) is 54.9 Å². The molecule has 1 aliphatic heterocycles. The molecule has 3 nitrogen and oxygen atoms in total. The average Bonchev–Trinajstić information content (AvgIpc) is 2.75. The van der Waals surface area contributed by atoms with Gasteiger partial charge in [-0.15, -0.1) is 0 Å². The van der Waals surface area contributed by atoms with Crippen molar-refractivity contribution in [3.8, 4) is 0 Å². The average molecular weight is 315 g/mol. The van der Waals surface area contributed by atoms with Crippen molar-refractivity contribution in [1.82, 2.24) is 9.88 Å². The van der Waals surface area contributed by atoms with Gasteiger partial charge in [0, 0.05) is 6.54 Å². The molecule has 0 amide bonds. The molecular weight excluding hydrogens is 299 g/mol. The molecule has 0 aliphatic carbocycles. The number of nitrogens with zero attached hydrogens (tertiary/aromatic N) is 1. The van der Waals surface area contributed by atoms with Gasteiger partial charge in [-0.25, -0.2) is 0 Å². The normalized spacial score (nSPS) is 17.5. The maximum absolute atomic E-state index is 12.7. The zero-order chi connectivity index (χ0) is 15.0. The minimum atomic E-state index is -4.33. The molecule has 1 aromatic carbocycles. The molecule has 2 heterocycles. The van der Waals surface area contributed by atoms with E-state index in [1.165, 1.54) is 6.07 Å².